The maximum atomic E-state index is 12.4. The summed E-state index contributed by atoms with van der Waals surface area (Å²) in [6.45, 7) is -0.350. The van der Waals surface area contributed by atoms with Crippen molar-refractivity contribution in [2.24, 2.45) is 0 Å². The highest BCUT2D eigenvalue weighted by molar-refractivity contribution is 8.00. The summed E-state index contributed by atoms with van der Waals surface area (Å²) >= 11 is 1.42. The molecule has 1 aromatic carbocycles. The van der Waals surface area contributed by atoms with Crippen LogP contribution in [0, 0.1) is 0 Å². The van der Waals surface area contributed by atoms with Gasteiger partial charge in [-0.15, -0.1) is 11.8 Å². The number of aliphatic hydroxyl groups is 1. The summed E-state index contributed by atoms with van der Waals surface area (Å²) in [5.74, 6) is 0.497. The van der Waals surface area contributed by atoms with E-state index >= 15 is 0 Å². The lowest BCUT2D eigenvalue weighted by molar-refractivity contribution is -0.137. The molecule has 0 saturated carbocycles. The molecule has 1 fully saturated rings. The van der Waals surface area contributed by atoms with Gasteiger partial charge in [0.25, 0.3) is 0 Å². The van der Waals surface area contributed by atoms with Crippen LogP contribution in [0.5, 0.6) is 5.75 Å². The summed E-state index contributed by atoms with van der Waals surface area (Å²) in [5.41, 5.74) is -0.790. The van der Waals surface area contributed by atoms with Gasteiger partial charge in [0.2, 0.25) is 11.8 Å². The zero-order chi connectivity index (χ0) is 18.4. The highest BCUT2D eigenvalue weighted by Crippen LogP contribution is 2.30. The molecule has 0 aliphatic carbocycles. The van der Waals surface area contributed by atoms with Crippen LogP contribution in [0.2, 0.25) is 0 Å². The Balaban J connectivity index is 1.69. The number of nitrogens with zero attached hydrogens (tertiary/aromatic N) is 1. The van der Waals surface area contributed by atoms with Gasteiger partial charge in [0.05, 0.1) is 17.2 Å². The molecular formula is C15H17F3N2O4S. The molecule has 1 aliphatic rings. The molecule has 1 saturated heterocycles. The number of halogens is 3. The van der Waals surface area contributed by atoms with Crippen LogP contribution in [0.3, 0.4) is 0 Å². The lowest BCUT2D eigenvalue weighted by Gasteiger charge is -2.16. The van der Waals surface area contributed by atoms with E-state index in [9.17, 15) is 27.9 Å². The first-order chi connectivity index (χ1) is 11.8. The second-order valence-electron chi connectivity index (χ2n) is 5.36. The number of nitrogens with one attached hydrogen (secondary N) is 1. The van der Waals surface area contributed by atoms with Crippen LogP contribution in [0.1, 0.15) is 5.56 Å². The minimum Gasteiger partial charge on any atom is -0.491 e. The van der Waals surface area contributed by atoms with Gasteiger partial charge in [0.1, 0.15) is 25.0 Å². The maximum Gasteiger partial charge on any atom is 0.416 e. The van der Waals surface area contributed by atoms with E-state index in [1.54, 1.807) is 0 Å². The number of alkyl halides is 3. The Bertz CT molecular complexity index is 610. The van der Waals surface area contributed by atoms with E-state index in [0.29, 0.717) is 11.6 Å². The minimum absolute atomic E-state index is 0.0711. The largest absolute Gasteiger partial charge is 0.491 e. The molecule has 0 aromatic heterocycles. The molecular weight excluding hydrogens is 361 g/mol. The zero-order valence-electron chi connectivity index (χ0n) is 13.1. The summed E-state index contributed by atoms with van der Waals surface area (Å²) in [6, 6.07) is 4.08. The van der Waals surface area contributed by atoms with Gasteiger partial charge in [-0.05, 0) is 24.3 Å². The van der Waals surface area contributed by atoms with Crippen molar-refractivity contribution < 1.29 is 32.6 Å². The number of amides is 2. The molecule has 25 heavy (non-hydrogen) atoms. The molecule has 1 aliphatic heterocycles. The highest BCUT2D eigenvalue weighted by Gasteiger charge is 2.30. The Kier molecular flexibility index (Phi) is 6.54. The van der Waals surface area contributed by atoms with Crippen molar-refractivity contribution in [2.45, 2.75) is 12.3 Å². The lowest BCUT2D eigenvalue weighted by Crippen LogP contribution is -2.42. The summed E-state index contributed by atoms with van der Waals surface area (Å²) in [7, 11) is 0. The Hall–Kier alpha value is -1.94. The van der Waals surface area contributed by atoms with Gasteiger partial charge in [-0.3, -0.25) is 9.59 Å². The van der Waals surface area contributed by atoms with Crippen molar-refractivity contribution in [1.29, 1.82) is 0 Å². The van der Waals surface area contributed by atoms with Gasteiger partial charge in [-0.25, -0.2) is 0 Å². The Morgan fingerprint density at radius 3 is 2.60 bits per heavy atom. The highest BCUT2D eigenvalue weighted by atomic mass is 32.2. The van der Waals surface area contributed by atoms with Crippen molar-refractivity contribution in [3.63, 3.8) is 0 Å². The molecule has 1 unspecified atom stereocenters. The Labute approximate surface area is 146 Å². The van der Waals surface area contributed by atoms with Crippen LogP contribution >= 0.6 is 11.8 Å². The van der Waals surface area contributed by atoms with E-state index in [2.05, 4.69) is 5.32 Å². The molecule has 0 bridgehead atoms. The van der Waals surface area contributed by atoms with E-state index in [0.717, 1.165) is 24.3 Å². The third kappa shape index (κ3) is 6.13. The second-order valence-corrected chi connectivity index (χ2v) is 6.32. The van der Waals surface area contributed by atoms with Crippen LogP contribution in [0.15, 0.2) is 24.3 Å². The number of carbonyl (C=O) groups excluding carboxylic acids is 2. The summed E-state index contributed by atoms with van der Waals surface area (Å²) < 4.78 is 42.5. The molecule has 6 nitrogen and oxygen atoms in total. The van der Waals surface area contributed by atoms with Gasteiger partial charge in [-0.2, -0.15) is 13.2 Å². The lowest BCUT2D eigenvalue weighted by atomic mass is 10.2. The topological polar surface area (TPSA) is 78.9 Å². The van der Waals surface area contributed by atoms with Crippen molar-refractivity contribution in [1.82, 2.24) is 10.2 Å². The fourth-order valence-corrected chi connectivity index (χ4v) is 2.90. The maximum absolute atomic E-state index is 12.4. The van der Waals surface area contributed by atoms with Crippen molar-refractivity contribution in [3.05, 3.63) is 29.8 Å². The van der Waals surface area contributed by atoms with Gasteiger partial charge in [-0.1, -0.05) is 0 Å². The van der Waals surface area contributed by atoms with E-state index in [1.165, 1.54) is 16.7 Å². The van der Waals surface area contributed by atoms with E-state index in [1.807, 2.05) is 0 Å². The van der Waals surface area contributed by atoms with Crippen LogP contribution in [-0.2, 0) is 15.8 Å². The number of benzene rings is 1. The minimum atomic E-state index is -4.42. The first-order valence-electron chi connectivity index (χ1n) is 7.36. The second kappa shape index (κ2) is 8.43. The number of hydrogen-bond donors (Lipinski definition) is 2. The summed E-state index contributed by atoms with van der Waals surface area (Å²) in [6.07, 6.45) is -5.45. The SMILES string of the molecule is O=C(CN1CSCC1=O)NCC(O)COc1ccc(C(F)(F)F)cc1. The van der Waals surface area contributed by atoms with E-state index < -0.39 is 23.8 Å². The third-order valence-electron chi connectivity index (χ3n) is 3.32. The number of ether oxygens (including phenoxy) is 1. The van der Waals surface area contributed by atoms with Crippen LogP contribution < -0.4 is 10.1 Å². The number of rotatable bonds is 7. The average molecular weight is 378 g/mol. The number of hydrogen-bond acceptors (Lipinski definition) is 5. The van der Waals surface area contributed by atoms with Crippen LogP contribution in [-0.4, -0.2) is 59.3 Å². The molecule has 2 N–H and O–H groups in total. The molecule has 10 heteroatoms. The Morgan fingerprint density at radius 2 is 2.04 bits per heavy atom. The molecule has 2 amide bonds. The van der Waals surface area contributed by atoms with Crippen LogP contribution in [0.25, 0.3) is 0 Å². The van der Waals surface area contributed by atoms with Crippen LogP contribution in [0.4, 0.5) is 13.2 Å². The smallest absolute Gasteiger partial charge is 0.416 e. The normalized spacial score (nSPS) is 16.0. The average Bonchev–Trinajstić information content (AvgIpc) is 2.95. The number of carbonyl (C=O) groups is 2. The molecule has 1 aromatic rings. The first-order valence-corrected chi connectivity index (χ1v) is 8.51. The molecule has 1 atom stereocenters. The molecule has 0 spiro atoms. The standard InChI is InChI=1S/C15H17F3N2O4S/c16-15(17,18)10-1-3-12(4-2-10)24-7-11(21)5-19-13(22)6-20-9-25-8-14(20)23/h1-4,11,21H,5-9H2,(H,19,22). The van der Waals surface area contributed by atoms with E-state index in [-0.39, 0.29) is 31.4 Å². The first kappa shape index (κ1) is 19.4. The molecule has 0 radical (unpaired) electrons. The van der Waals surface area contributed by atoms with Gasteiger partial charge in [0.15, 0.2) is 0 Å². The summed E-state index contributed by atoms with van der Waals surface area (Å²) in [4.78, 5) is 24.5. The molecule has 1 heterocycles. The van der Waals surface area contributed by atoms with E-state index in [4.69, 9.17) is 4.74 Å². The quantitative estimate of drug-likeness (QED) is 0.743. The predicted molar refractivity (Wildman–Crippen MR) is 85.0 cm³/mol. The molecule has 138 valence electrons. The monoisotopic (exact) mass is 378 g/mol. The molecule has 2 rings (SSSR count). The summed E-state index contributed by atoms with van der Waals surface area (Å²) in [5, 5.41) is 12.2. The van der Waals surface area contributed by atoms with Crippen molar-refractivity contribution in [3.8, 4) is 5.75 Å². The van der Waals surface area contributed by atoms with Gasteiger partial charge in [0, 0.05) is 6.54 Å². The van der Waals surface area contributed by atoms with Gasteiger partial charge >= 0.3 is 6.18 Å². The van der Waals surface area contributed by atoms with Crippen molar-refractivity contribution >= 4 is 23.6 Å². The predicted octanol–water partition coefficient (Wildman–Crippen LogP) is 1.09. The number of thioether (sulfide) groups is 1. The zero-order valence-corrected chi connectivity index (χ0v) is 13.9. The third-order valence-corrected chi connectivity index (χ3v) is 4.26. The number of aliphatic hydroxyl groups excluding tert-OH is 1. The van der Waals surface area contributed by atoms with Crippen molar-refractivity contribution in [2.75, 3.05) is 31.3 Å². The Morgan fingerprint density at radius 1 is 1.36 bits per heavy atom. The van der Waals surface area contributed by atoms with Gasteiger partial charge < -0.3 is 20.1 Å². The fourth-order valence-electron chi connectivity index (χ4n) is 1.99. The fraction of sp³-hybridized carbons (Fsp3) is 0.467.